The number of likely N-dealkylation sites (tertiary alicyclic amines) is 1. The van der Waals surface area contributed by atoms with Crippen LogP contribution in [0.4, 0.5) is 10.5 Å². The van der Waals surface area contributed by atoms with E-state index in [0.29, 0.717) is 62.5 Å². The summed E-state index contributed by atoms with van der Waals surface area (Å²) >= 11 is 0. The number of benzene rings is 1. The normalized spacial score (nSPS) is 12.2. The molecule has 15 heteroatoms. The Balaban J connectivity index is 0. The first kappa shape index (κ1) is 49.7. The van der Waals surface area contributed by atoms with E-state index in [4.69, 9.17) is 4.74 Å². The van der Waals surface area contributed by atoms with Gasteiger partial charge in [0.25, 0.3) is 0 Å². The third kappa shape index (κ3) is 21.7. The van der Waals surface area contributed by atoms with E-state index >= 15 is 0 Å². The summed E-state index contributed by atoms with van der Waals surface area (Å²) in [5.74, 6) is -1.20. The van der Waals surface area contributed by atoms with Gasteiger partial charge >= 0.3 is 175 Å². The smallest absolute Gasteiger partial charge is 0.651 e. The van der Waals surface area contributed by atoms with E-state index in [1.807, 2.05) is 6.92 Å². The van der Waals surface area contributed by atoms with Crippen LogP contribution in [0.3, 0.4) is 0 Å². The van der Waals surface area contributed by atoms with E-state index in [9.17, 15) is 28.8 Å². The Morgan fingerprint density at radius 1 is 0.891 bits per heavy atom. The molecule has 1 aliphatic heterocycles. The molecule has 1 N–H and O–H groups in total. The van der Waals surface area contributed by atoms with Crippen LogP contribution in [0.1, 0.15) is 77.2 Å². The maximum Gasteiger partial charge on any atom is 1.00 e. The first-order valence-corrected chi connectivity index (χ1v) is 15.2. The predicted octanol–water partition coefficient (Wildman–Crippen LogP) is -4.12. The van der Waals surface area contributed by atoms with Crippen LogP contribution in [-0.2, 0) is 35.1 Å². The first-order valence-electron chi connectivity index (χ1n) is 15.2. The van der Waals surface area contributed by atoms with E-state index in [-0.39, 0.29) is 218 Å². The van der Waals surface area contributed by atoms with Gasteiger partial charge in [0.05, 0.1) is 18.2 Å². The van der Waals surface area contributed by atoms with E-state index in [1.165, 1.54) is 4.90 Å². The summed E-state index contributed by atoms with van der Waals surface area (Å²) in [5.41, 5.74) is 1.06. The second kappa shape index (κ2) is 30.3. The Morgan fingerprint density at radius 3 is 2.22 bits per heavy atom. The van der Waals surface area contributed by atoms with Crippen LogP contribution in [0.25, 0.3) is 16.0 Å². The second-order valence-corrected chi connectivity index (χ2v) is 10.4. The molecule has 0 aromatic heterocycles. The number of hydrogen-bond donors (Lipinski definition) is 1. The number of imide groups is 1. The quantitative estimate of drug-likeness (QED) is 0.0745. The number of carbonyl (C=O) groups is 6. The number of Topliss-reactive ketones (excluding diaryl/α,β-unsaturated/α-hetero) is 1. The van der Waals surface area contributed by atoms with Gasteiger partial charge in [-0.2, -0.15) is 0 Å². The van der Waals surface area contributed by atoms with Crippen molar-refractivity contribution in [1.29, 1.82) is 0 Å². The van der Waals surface area contributed by atoms with Crippen LogP contribution in [0.15, 0.2) is 24.3 Å². The molecule has 1 aliphatic rings. The van der Waals surface area contributed by atoms with Crippen LogP contribution in [0, 0.1) is 5.92 Å². The molecule has 6 amide bonds. The molecule has 0 bridgehead atoms. The second-order valence-electron chi connectivity index (χ2n) is 10.4. The summed E-state index contributed by atoms with van der Waals surface area (Å²) in [6, 6.07) is 6.09. The van der Waals surface area contributed by atoms with Crippen molar-refractivity contribution in [3.8, 4) is 0 Å². The van der Waals surface area contributed by atoms with E-state index in [1.54, 1.807) is 24.3 Å². The zero-order valence-electron chi connectivity index (χ0n) is 28.3. The summed E-state index contributed by atoms with van der Waals surface area (Å²) in [6.45, 7) is 5.94. The molecule has 238 valence electrons. The fraction of sp³-hybridized carbons (Fsp3) is 0.613. The van der Waals surface area contributed by atoms with Crippen LogP contribution in [-0.4, -0.2) is 79.7 Å². The van der Waals surface area contributed by atoms with Gasteiger partial charge in [-0.05, 0) is 31.4 Å². The van der Waals surface area contributed by atoms with Gasteiger partial charge in [-0.3, -0.25) is 24.1 Å². The molecule has 46 heavy (non-hydrogen) atoms. The molecule has 0 saturated carbocycles. The van der Waals surface area contributed by atoms with Crippen molar-refractivity contribution < 1.29 is 208 Å². The number of β-lactam (4-membered cyclic amide) rings is 1. The molecule has 1 heterocycles. The Hall–Kier alpha value is 1.62. The number of carbonyl (C=O) groups excluding carboxylic acids is 6. The molecule has 1 atom stereocenters. The summed E-state index contributed by atoms with van der Waals surface area (Å²) in [4.78, 5) is 72.4. The average Bonchev–Trinajstić information content (AvgIpc) is 2.97. The van der Waals surface area contributed by atoms with Crippen molar-refractivity contribution in [2.75, 3.05) is 39.4 Å². The largest absolute Gasteiger partial charge is 1.00 e. The molecule has 0 radical (unpaired) electrons. The minimum atomic E-state index is -0.628. The molecule has 12 nitrogen and oxygen atoms in total. The van der Waals surface area contributed by atoms with Gasteiger partial charge in [-0.25, -0.2) is 0 Å². The predicted molar refractivity (Wildman–Crippen MR) is 162 cm³/mol. The Labute approximate surface area is 419 Å². The minimum Gasteiger partial charge on any atom is -0.651 e. The van der Waals surface area contributed by atoms with Gasteiger partial charge < -0.3 is 35.6 Å². The number of nitrogens with one attached hydrogen (secondary N) is 1. The SMILES string of the molecule is CCCC(CCCCNC(=O)[N-]CCCOCC[N-]C(=O)CC(=O)[N-]c1ccc(CC(=O)N2CCC2=O)cc1)C(=O)CC.[Rb+].[Rb+].[Rb+]. The summed E-state index contributed by atoms with van der Waals surface area (Å²) < 4.78 is 5.40. The van der Waals surface area contributed by atoms with Crippen LogP contribution in [0.5, 0.6) is 0 Å². The Kier molecular flexibility index (Phi) is 32.7. The number of urea groups is 1. The minimum absolute atomic E-state index is 0. The summed E-state index contributed by atoms with van der Waals surface area (Å²) in [7, 11) is 0. The fourth-order valence-electron chi connectivity index (χ4n) is 4.46. The number of nitrogens with zero attached hydrogens (tertiary/aromatic N) is 4. The molecule has 2 rings (SSSR count). The number of hydrogen-bond acceptors (Lipinski definition) is 7. The van der Waals surface area contributed by atoms with Crippen molar-refractivity contribution in [1.82, 2.24) is 10.2 Å². The average molecular weight is 855 g/mol. The van der Waals surface area contributed by atoms with Crippen molar-refractivity contribution >= 4 is 41.1 Å². The molecule has 1 fully saturated rings. The monoisotopic (exact) mass is 853 g/mol. The molecular formula is C31H44N5O7Rb3. The maximum atomic E-state index is 12.1. The van der Waals surface area contributed by atoms with Gasteiger partial charge in [-0.1, -0.05) is 63.9 Å². The molecular weight excluding hydrogens is 811 g/mol. The van der Waals surface area contributed by atoms with Crippen LogP contribution < -0.4 is 180 Å². The van der Waals surface area contributed by atoms with E-state index in [0.717, 1.165) is 32.1 Å². The number of ketones is 1. The Bertz CT molecular complexity index is 1090. The summed E-state index contributed by atoms with van der Waals surface area (Å²) in [5, 5.41) is 14.4. The summed E-state index contributed by atoms with van der Waals surface area (Å²) in [6.07, 6.45) is 5.63. The van der Waals surface area contributed by atoms with Crippen molar-refractivity contribution in [3.63, 3.8) is 0 Å². The van der Waals surface area contributed by atoms with Crippen molar-refractivity contribution in [2.24, 2.45) is 5.92 Å². The Morgan fingerprint density at radius 2 is 1.61 bits per heavy atom. The molecule has 0 aliphatic carbocycles. The van der Waals surface area contributed by atoms with Crippen LogP contribution >= 0.6 is 0 Å². The molecule has 1 aromatic carbocycles. The third-order valence-electron chi connectivity index (χ3n) is 6.92. The third-order valence-corrected chi connectivity index (χ3v) is 6.92. The first-order chi connectivity index (χ1) is 20.7. The maximum absolute atomic E-state index is 12.1. The van der Waals surface area contributed by atoms with Gasteiger partial charge in [0.2, 0.25) is 11.8 Å². The molecule has 0 spiro atoms. The van der Waals surface area contributed by atoms with Crippen molar-refractivity contribution in [2.45, 2.75) is 78.1 Å². The zero-order chi connectivity index (χ0) is 31.5. The van der Waals surface area contributed by atoms with Gasteiger partial charge in [0.1, 0.15) is 5.78 Å². The van der Waals surface area contributed by atoms with Crippen LogP contribution in [0.2, 0.25) is 0 Å². The van der Waals surface area contributed by atoms with Gasteiger partial charge in [-0.15, -0.1) is 12.2 Å². The van der Waals surface area contributed by atoms with Gasteiger partial charge in [0.15, 0.2) is 6.03 Å². The number of amides is 6. The van der Waals surface area contributed by atoms with E-state index < -0.39 is 18.2 Å². The standard InChI is InChI=1S/C31H47N5O7.3Rb/c1-3-8-24(26(37)4-2)9-5-6-15-33-31(42)34-16-7-19-43-20-17-32-27(38)22-28(39)35-25-12-10-23(11-13-25)21-30(41)36-18-14-29(36)40;;;/h10-13,24H,3-9,14-22H2,1-2H3,(H4,32,33,34,35,38,39,42);;;/q;3*+1/p-3. The molecule has 1 unspecified atom stereocenters. The number of unbranched alkanes of at least 4 members (excludes halogenated alkanes) is 1. The fourth-order valence-corrected chi connectivity index (χ4v) is 4.46. The van der Waals surface area contributed by atoms with E-state index in [2.05, 4.69) is 28.2 Å². The van der Waals surface area contributed by atoms with Gasteiger partial charge in [0, 0.05) is 44.9 Å². The zero-order valence-corrected chi connectivity index (χ0v) is 43.1. The van der Waals surface area contributed by atoms with Crippen molar-refractivity contribution in [3.05, 3.63) is 45.8 Å². The number of rotatable bonds is 21. The topological polar surface area (TPSA) is 169 Å². The molecule has 1 aromatic rings. The number of ether oxygens (including phenoxy) is 1. The molecule has 1 saturated heterocycles.